The Morgan fingerprint density at radius 1 is 1.35 bits per heavy atom. The van der Waals surface area contributed by atoms with Gasteiger partial charge in [-0.1, -0.05) is 20.8 Å². The molecule has 0 unspecified atom stereocenters. The molecule has 5 heteroatoms. The molecule has 0 aliphatic carbocycles. The van der Waals surface area contributed by atoms with Crippen molar-refractivity contribution in [3.8, 4) is 0 Å². The molecular formula is C12H24N2O3. The molecule has 1 N–H and O–H groups in total. The molecule has 1 heterocycles. The topological polar surface area (TPSA) is 50.8 Å². The number of nitrogens with one attached hydrogen (secondary N) is 1. The lowest BCUT2D eigenvalue weighted by Gasteiger charge is -2.26. The Balaban J connectivity index is 2.01. The summed E-state index contributed by atoms with van der Waals surface area (Å²) in [6.45, 7) is 10.9. The smallest absolute Gasteiger partial charge is 0.244 e. The maximum atomic E-state index is 11.4. The molecule has 0 radical (unpaired) electrons. The molecule has 1 fully saturated rings. The number of carbonyl (C=O) groups is 1. The van der Waals surface area contributed by atoms with Gasteiger partial charge in [-0.15, -0.1) is 0 Å². The van der Waals surface area contributed by atoms with Crippen molar-refractivity contribution >= 4 is 5.91 Å². The van der Waals surface area contributed by atoms with E-state index in [1.807, 2.05) is 20.8 Å². The Bertz CT molecular complexity index is 232. The first-order valence-corrected chi connectivity index (χ1v) is 6.18. The Kier molecular flexibility index (Phi) is 5.88. The highest BCUT2D eigenvalue weighted by atomic mass is 16.7. The average Bonchev–Trinajstić information content (AvgIpc) is 2.23. The van der Waals surface area contributed by atoms with Crippen molar-refractivity contribution in [2.75, 3.05) is 39.5 Å². The molecule has 1 aliphatic rings. The van der Waals surface area contributed by atoms with Crippen molar-refractivity contribution in [3.63, 3.8) is 0 Å². The molecule has 17 heavy (non-hydrogen) atoms. The van der Waals surface area contributed by atoms with Crippen LogP contribution in [0.15, 0.2) is 0 Å². The third kappa shape index (κ3) is 7.31. The van der Waals surface area contributed by atoms with Gasteiger partial charge < -0.3 is 4.74 Å². The largest absolute Gasteiger partial charge is 0.379 e. The maximum Gasteiger partial charge on any atom is 0.244 e. The second kappa shape index (κ2) is 6.93. The molecule has 0 bridgehead atoms. The predicted molar refractivity (Wildman–Crippen MR) is 65.4 cm³/mol. The molecule has 0 saturated carbocycles. The van der Waals surface area contributed by atoms with E-state index < -0.39 is 0 Å². The summed E-state index contributed by atoms with van der Waals surface area (Å²) >= 11 is 0. The highest BCUT2D eigenvalue weighted by molar-refractivity contribution is 5.75. The van der Waals surface area contributed by atoms with Crippen LogP contribution in [-0.2, 0) is 14.4 Å². The van der Waals surface area contributed by atoms with Gasteiger partial charge in [-0.3, -0.25) is 14.5 Å². The van der Waals surface area contributed by atoms with E-state index in [9.17, 15) is 4.79 Å². The zero-order valence-corrected chi connectivity index (χ0v) is 11.1. The summed E-state index contributed by atoms with van der Waals surface area (Å²) in [5, 5.41) is 0. The SMILES string of the molecule is CC(C)(C)CC(=O)NOCCN1CCOCC1. The summed E-state index contributed by atoms with van der Waals surface area (Å²) in [5.41, 5.74) is 2.48. The van der Waals surface area contributed by atoms with Crippen LogP contribution in [0.1, 0.15) is 27.2 Å². The lowest BCUT2D eigenvalue weighted by molar-refractivity contribution is -0.136. The zero-order valence-electron chi connectivity index (χ0n) is 11.1. The molecule has 0 spiro atoms. The average molecular weight is 244 g/mol. The molecular weight excluding hydrogens is 220 g/mol. The predicted octanol–water partition coefficient (Wildman–Crippen LogP) is 0.803. The number of hydrogen-bond donors (Lipinski definition) is 1. The summed E-state index contributed by atoms with van der Waals surface area (Å²) in [7, 11) is 0. The number of hydroxylamine groups is 1. The first kappa shape index (κ1) is 14.4. The summed E-state index contributed by atoms with van der Waals surface area (Å²) in [4.78, 5) is 18.9. The molecule has 0 aromatic carbocycles. The van der Waals surface area contributed by atoms with Crippen LogP contribution < -0.4 is 5.48 Å². The number of hydrogen-bond acceptors (Lipinski definition) is 4. The Labute approximate surface area is 103 Å². The van der Waals surface area contributed by atoms with Crippen molar-refractivity contribution in [2.24, 2.45) is 5.41 Å². The number of carbonyl (C=O) groups excluding carboxylic acids is 1. The third-order valence-electron chi connectivity index (χ3n) is 2.49. The van der Waals surface area contributed by atoms with Gasteiger partial charge in [-0.05, 0) is 5.41 Å². The van der Waals surface area contributed by atoms with Gasteiger partial charge in [-0.2, -0.15) is 0 Å². The van der Waals surface area contributed by atoms with Gasteiger partial charge >= 0.3 is 0 Å². The summed E-state index contributed by atoms with van der Waals surface area (Å²) in [6, 6.07) is 0. The fourth-order valence-corrected chi connectivity index (χ4v) is 1.65. The van der Waals surface area contributed by atoms with E-state index in [-0.39, 0.29) is 11.3 Å². The normalized spacial score (nSPS) is 18.1. The summed E-state index contributed by atoms with van der Waals surface area (Å²) < 4.78 is 5.25. The molecule has 100 valence electrons. The highest BCUT2D eigenvalue weighted by Crippen LogP contribution is 2.17. The summed E-state index contributed by atoms with van der Waals surface area (Å²) in [5.74, 6) is -0.0560. The molecule has 0 aromatic rings. The van der Waals surface area contributed by atoms with Crippen LogP contribution in [0, 0.1) is 5.41 Å². The van der Waals surface area contributed by atoms with E-state index in [0.717, 1.165) is 32.8 Å². The van der Waals surface area contributed by atoms with Crippen LogP contribution in [0.4, 0.5) is 0 Å². The van der Waals surface area contributed by atoms with E-state index in [1.54, 1.807) is 0 Å². The van der Waals surface area contributed by atoms with Gasteiger partial charge in [0.05, 0.1) is 19.8 Å². The second-order valence-electron chi connectivity index (χ2n) is 5.57. The molecule has 1 amide bonds. The number of ether oxygens (including phenoxy) is 1. The van der Waals surface area contributed by atoms with Crippen molar-refractivity contribution in [3.05, 3.63) is 0 Å². The van der Waals surface area contributed by atoms with Crippen LogP contribution in [0.25, 0.3) is 0 Å². The van der Waals surface area contributed by atoms with E-state index in [2.05, 4.69) is 10.4 Å². The minimum atomic E-state index is -0.0560. The molecule has 1 aliphatic heterocycles. The number of rotatable bonds is 5. The standard InChI is InChI=1S/C12H24N2O3/c1-12(2,3)10-11(15)13-17-9-6-14-4-7-16-8-5-14/h4-10H2,1-3H3,(H,13,15). The molecule has 0 aromatic heterocycles. The second-order valence-corrected chi connectivity index (χ2v) is 5.57. The van der Waals surface area contributed by atoms with Gasteiger partial charge in [0.1, 0.15) is 0 Å². The molecule has 0 atom stereocenters. The van der Waals surface area contributed by atoms with E-state index in [4.69, 9.17) is 9.57 Å². The van der Waals surface area contributed by atoms with Crippen molar-refractivity contribution in [1.82, 2.24) is 10.4 Å². The Morgan fingerprint density at radius 2 is 2.00 bits per heavy atom. The number of nitrogens with zero attached hydrogens (tertiary/aromatic N) is 1. The minimum Gasteiger partial charge on any atom is -0.379 e. The van der Waals surface area contributed by atoms with Crippen LogP contribution in [0.2, 0.25) is 0 Å². The van der Waals surface area contributed by atoms with Crippen LogP contribution in [-0.4, -0.2) is 50.3 Å². The number of amides is 1. The van der Waals surface area contributed by atoms with Crippen LogP contribution >= 0.6 is 0 Å². The van der Waals surface area contributed by atoms with Crippen LogP contribution in [0.3, 0.4) is 0 Å². The quantitative estimate of drug-likeness (QED) is 0.574. The maximum absolute atomic E-state index is 11.4. The summed E-state index contributed by atoms with van der Waals surface area (Å²) in [6.07, 6.45) is 0.477. The van der Waals surface area contributed by atoms with Gasteiger partial charge in [0.25, 0.3) is 0 Å². The fourth-order valence-electron chi connectivity index (χ4n) is 1.65. The highest BCUT2D eigenvalue weighted by Gasteiger charge is 2.16. The van der Waals surface area contributed by atoms with E-state index >= 15 is 0 Å². The number of morpholine rings is 1. The Morgan fingerprint density at radius 3 is 2.59 bits per heavy atom. The molecule has 5 nitrogen and oxygen atoms in total. The Hall–Kier alpha value is -0.650. The van der Waals surface area contributed by atoms with E-state index in [1.165, 1.54) is 0 Å². The van der Waals surface area contributed by atoms with Gasteiger partial charge in [-0.25, -0.2) is 5.48 Å². The lowest BCUT2D eigenvalue weighted by atomic mass is 9.92. The van der Waals surface area contributed by atoms with E-state index in [0.29, 0.717) is 13.0 Å². The lowest BCUT2D eigenvalue weighted by Crippen LogP contribution is -2.39. The minimum absolute atomic E-state index is 0.00233. The van der Waals surface area contributed by atoms with Gasteiger partial charge in [0, 0.05) is 26.1 Å². The van der Waals surface area contributed by atoms with Crippen molar-refractivity contribution in [2.45, 2.75) is 27.2 Å². The van der Waals surface area contributed by atoms with Crippen molar-refractivity contribution in [1.29, 1.82) is 0 Å². The molecule has 1 rings (SSSR count). The third-order valence-corrected chi connectivity index (χ3v) is 2.49. The first-order valence-electron chi connectivity index (χ1n) is 6.18. The van der Waals surface area contributed by atoms with Crippen molar-refractivity contribution < 1.29 is 14.4 Å². The molecule has 1 saturated heterocycles. The fraction of sp³-hybridized carbons (Fsp3) is 0.917. The van der Waals surface area contributed by atoms with Crippen LogP contribution in [0.5, 0.6) is 0 Å². The van der Waals surface area contributed by atoms with Gasteiger partial charge in [0.15, 0.2) is 0 Å². The van der Waals surface area contributed by atoms with Gasteiger partial charge in [0.2, 0.25) is 5.91 Å². The monoisotopic (exact) mass is 244 g/mol. The zero-order chi connectivity index (χ0) is 12.7. The first-order chi connectivity index (χ1) is 7.97.